The monoisotopic (exact) mass is 254 g/mol. The van der Waals surface area contributed by atoms with Crippen molar-refractivity contribution < 1.29 is 4.79 Å². The van der Waals surface area contributed by atoms with E-state index >= 15 is 0 Å². The van der Waals surface area contributed by atoms with Crippen LogP contribution in [0.1, 0.15) is 18.7 Å². The quantitative estimate of drug-likeness (QED) is 0.892. The van der Waals surface area contributed by atoms with Gasteiger partial charge in [0.15, 0.2) is 0 Å². The zero-order valence-electron chi connectivity index (χ0n) is 10.9. The third kappa shape index (κ3) is 1.76. The SMILES string of the molecule is Cc1nc2ccc(N(C)C(=O)C3(C#N)CC3)cc2[nH]1. The summed E-state index contributed by atoms with van der Waals surface area (Å²) in [6.45, 7) is 1.89. The third-order valence-electron chi connectivity index (χ3n) is 3.65. The first-order valence-corrected chi connectivity index (χ1v) is 6.21. The normalized spacial score (nSPS) is 16.1. The molecular formula is C14H14N4O. The zero-order valence-corrected chi connectivity index (χ0v) is 10.9. The lowest BCUT2D eigenvalue weighted by Gasteiger charge is -2.19. The van der Waals surface area contributed by atoms with Crippen molar-refractivity contribution in [2.45, 2.75) is 19.8 Å². The van der Waals surface area contributed by atoms with Gasteiger partial charge in [0, 0.05) is 12.7 Å². The first-order chi connectivity index (χ1) is 9.05. The Bertz CT molecular complexity index is 706. The Labute approximate surface area is 110 Å². The fourth-order valence-corrected chi connectivity index (χ4v) is 2.27. The Balaban J connectivity index is 1.95. The van der Waals surface area contributed by atoms with Crippen LogP contribution in [0.2, 0.25) is 0 Å². The molecule has 1 aliphatic carbocycles. The van der Waals surface area contributed by atoms with Crippen molar-refractivity contribution in [3.05, 3.63) is 24.0 Å². The number of rotatable bonds is 2. The van der Waals surface area contributed by atoms with Crippen LogP contribution in [-0.4, -0.2) is 22.9 Å². The molecule has 1 fully saturated rings. The summed E-state index contributed by atoms with van der Waals surface area (Å²) in [5, 5.41) is 9.08. The van der Waals surface area contributed by atoms with Crippen molar-refractivity contribution >= 4 is 22.6 Å². The van der Waals surface area contributed by atoms with E-state index in [4.69, 9.17) is 5.26 Å². The number of hydrogen-bond acceptors (Lipinski definition) is 3. The van der Waals surface area contributed by atoms with Gasteiger partial charge >= 0.3 is 0 Å². The summed E-state index contributed by atoms with van der Waals surface area (Å²) < 4.78 is 0. The Morgan fingerprint density at radius 3 is 2.89 bits per heavy atom. The number of aromatic amines is 1. The van der Waals surface area contributed by atoms with Crippen molar-refractivity contribution in [3.63, 3.8) is 0 Å². The maximum absolute atomic E-state index is 12.3. The van der Waals surface area contributed by atoms with E-state index in [0.29, 0.717) is 12.8 Å². The highest BCUT2D eigenvalue weighted by atomic mass is 16.2. The van der Waals surface area contributed by atoms with Crippen LogP contribution in [0.25, 0.3) is 11.0 Å². The molecule has 1 N–H and O–H groups in total. The Morgan fingerprint density at radius 1 is 1.53 bits per heavy atom. The number of aryl methyl sites for hydroxylation is 1. The molecule has 0 spiro atoms. The zero-order chi connectivity index (χ0) is 13.6. The lowest BCUT2D eigenvalue weighted by molar-refractivity contribution is -0.121. The van der Waals surface area contributed by atoms with Gasteiger partial charge < -0.3 is 9.88 Å². The van der Waals surface area contributed by atoms with Crippen LogP contribution in [0.15, 0.2) is 18.2 Å². The number of hydrogen-bond donors (Lipinski definition) is 1. The molecule has 0 unspecified atom stereocenters. The first kappa shape index (κ1) is 11.7. The number of anilines is 1. The van der Waals surface area contributed by atoms with Gasteiger partial charge in [0.05, 0.1) is 17.1 Å². The number of nitrogens with zero attached hydrogens (tertiary/aromatic N) is 3. The highest BCUT2D eigenvalue weighted by molar-refractivity contribution is 6.01. The van der Waals surface area contributed by atoms with Crippen LogP contribution in [0.4, 0.5) is 5.69 Å². The molecule has 1 saturated carbocycles. The maximum Gasteiger partial charge on any atom is 0.247 e. The number of benzene rings is 1. The molecule has 5 heteroatoms. The van der Waals surface area contributed by atoms with Gasteiger partial charge in [-0.05, 0) is 38.0 Å². The number of fused-ring (bicyclic) bond motifs is 1. The number of nitrogens with one attached hydrogen (secondary N) is 1. The number of imidazole rings is 1. The molecule has 5 nitrogen and oxygen atoms in total. The van der Waals surface area contributed by atoms with Crippen LogP contribution >= 0.6 is 0 Å². The molecule has 96 valence electrons. The molecule has 0 radical (unpaired) electrons. The van der Waals surface area contributed by atoms with Crippen LogP contribution < -0.4 is 4.90 Å². The predicted octanol–water partition coefficient (Wildman–Crippen LogP) is 2.14. The molecule has 1 amide bonds. The number of nitriles is 1. The van der Waals surface area contributed by atoms with Crippen LogP contribution in [0.3, 0.4) is 0 Å². The summed E-state index contributed by atoms with van der Waals surface area (Å²) in [5.74, 6) is 0.724. The number of carbonyl (C=O) groups excluding carboxylic acids is 1. The second-order valence-electron chi connectivity index (χ2n) is 5.08. The Morgan fingerprint density at radius 2 is 2.26 bits per heavy atom. The lowest BCUT2D eigenvalue weighted by Crippen LogP contribution is -2.33. The average molecular weight is 254 g/mol. The topological polar surface area (TPSA) is 72.8 Å². The van der Waals surface area contributed by atoms with Gasteiger partial charge in [-0.3, -0.25) is 4.79 Å². The summed E-state index contributed by atoms with van der Waals surface area (Å²) in [6.07, 6.45) is 1.33. The van der Waals surface area contributed by atoms with Crippen molar-refractivity contribution in [1.29, 1.82) is 5.26 Å². The third-order valence-corrected chi connectivity index (χ3v) is 3.65. The summed E-state index contributed by atoms with van der Waals surface area (Å²) in [6, 6.07) is 7.76. The Hall–Kier alpha value is -2.35. The first-order valence-electron chi connectivity index (χ1n) is 6.21. The summed E-state index contributed by atoms with van der Waals surface area (Å²) in [4.78, 5) is 21.3. The van der Waals surface area contributed by atoms with Gasteiger partial charge in [-0.25, -0.2) is 4.98 Å². The Kier molecular flexibility index (Phi) is 2.36. The molecule has 1 aliphatic rings. The van der Waals surface area contributed by atoms with E-state index in [-0.39, 0.29) is 5.91 Å². The molecule has 19 heavy (non-hydrogen) atoms. The molecule has 1 heterocycles. The molecule has 2 aromatic rings. The smallest absolute Gasteiger partial charge is 0.247 e. The molecule has 1 aromatic carbocycles. The maximum atomic E-state index is 12.3. The number of aromatic nitrogens is 2. The van der Waals surface area contributed by atoms with E-state index in [1.54, 1.807) is 11.9 Å². The van der Waals surface area contributed by atoms with Crippen LogP contribution in [-0.2, 0) is 4.79 Å². The molecule has 0 atom stereocenters. The minimum Gasteiger partial charge on any atom is -0.342 e. The minimum absolute atomic E-state index is 0.120. The molecule has 1 aromatic heterocycles. The van der Waals surface area contributed by atoms with Crippen molar-refractivity contribution in [1.82, 2.24) is 9.97 Å². The van der Waals surface area contributed by atoms with Gasteiger partial charge in [-0.2, -0.15) is 5.26 Å². The lowest BCUT2D eigenvalue weighted by atomic mass is 10.1. The van der Waals surface area contributed by atoms with E-state index in [9.17, 15) is 4.79 Å². The summed E-state index contributed by atoms with van der Waals surface area (Å²) >= 11 is 0. The predicted molar refractivity (Wildman–Crippen MR) is 71.5 cm³/mol. The van der Waals surface area contributed by atoms with Crippen molar-refractivity contribution in [2.75, 3.05) is 11.9 Å². The van der Waals surface area contributed by atoms with Crippen LogP contribution in [0.5, 0.6) is 0 Å². The van der Waals surface area contributed by atoms with Gasteiger partial charge in [0.25, 0.3) is 0 Å². The minimum atomic E-state index is -0.784. The fraction of sp³-hybridized carbons (Fsp3) is 0.357. The van der Waals surface area contributed by atoms with Gasteiger partial charge in [0.1, 0.15) is 11.2 Å². The molecule has 0 saturated heterocycles. The molecule has 3 rings (SSSR count). The van der Waals surface area contributed by atoms with Gasteiger partial charge in [0.2, 0.25) is 5.91 Å². The van der Waals surface area contributed by atoms with Gasteiger partial charge in [-0.1, -0.05) is 0 Å². The number of H-pyrrole nitrogens is 1. The van der Waals surface area contributed by atoms with Crippen molar-refractivity contribution in [2.24, 2.45) is 5.41 Å². The van der Waals surface area contributed by atoms with E-state index in [2.05, 4.69) is 16.0 Å². The second kappa shape index (κ2) is 3.82. The van der Waals surface area contributed by atoms with Crippen LogP contribution in [0, 0.1) is 23.7 Å². The average Bonchev–Trinajstić information content (AvgIpc) is 3.12. The van der Waals surface area contributed by atoms with E-state index in [0.717, 1.165) is 22.5 Å². The largest absolute Gasteiger partial charge is 0.342 e. The highest BCUT2D eigenvalue weighted by Crippen LogP contribution is 2.46. The summed E-state index contributed by atoms with van der Waals surface area (Å²) in [7, 11) is 1.71. The molecular weight excluding hydrogens is 240 g/mol. The number of amides is 1. The van der Waals surface area contributed by atoms with E-state index in [1.807, 2.05) is 25.1 Å². The number of carbonyl (C=O) groups is 1. The highest BCUT2D eigenvalue weighted by Gasteiger charge is 2.52. The second-order valence-corrected chi connectivity index (χ2v) is 5.08. The van der Waals surface area contributed by atoms with Crippen molar-refractivity contribution in [3.8, 4) is 6.07 Å². The summed E-state index contributed by atoms with van der Waals surface area (Å²) in [5.41, 5.74) is 1.77. The fourth-order valence-electron chi connectivity index (χ4n) is 2.27. The van der Waals surface area contributed by atoms with E-state index < -0.39 is 5.41 Å². The molecule has 0 aliphatic heterocycles. The molecule has 0 bridgehead atoms. The standard InChI is InChI=1S/C14H14N4O/c1-9-16-11-4-3-10(7-12(11)17-9)18(2)13(19)14(8-15)5-6-14/h3-4,7H,5-6H2,1-2H3,(H,16,17). The van der Waals surface area contributed by atoms with E-state index in [1.165, 1.54) is 0 Å². The van der Waals surface area contributed by atoms with Gasteiger partial charge in [-0.15, -0.1) is 0 Å².